The van der Waals surface area contributed by atoms with Crippen molar-refractivity contribution in [3.05, 3.63) is 95.8 Å². The highest BCUT2D eigenvalue weighted by molar-refractivity contribution is 6.50. The average Bonchev–Trinajstić information content (AvgIpc) is 3.58. The summed E-state index contributed by atoms with van der Waals surface area (Å²) in [6.07, 6.45) is 0.904. The van der Waals surface area contributed by atoms with Gasteiger partial charge < -0.3 is 4.90 Å². The van der Waals surface area contributed by atoms with Crippen LogP contribution in [-0.4, -0.2) is 62.2 Å². The number of aromatic amines is 1. The Bertz CT molecular complexity index is 1700. The van der Waals surface area contributed by atoms with Gasteiger partial charge in [0.2, 0.25) is 0 Å². The first-order valence-corrected chi connectivity index (χ1v) is 12.7. The number of benzene rings is 3. The van der Waals surface area contributed by atoms with Crippen molar-refractivity contribution >= 4 is 44.8 Å². The number of fused-ring (bicyclic) bond motifs is 2. The molecule has 190 valence electrons. The summed E-state index contributed by atoms with van der Waals surface area (Å²) in [5.74, 6) is -0.720. The van der Waals surface area contributed by atoms with Gasteiger partial charge in [-0.05, 0) is 44.8 Å². The summed E-state index contributed by atoms with van der Waals surface area (Å²) < 4.78 is 1.94. The van der Waals surface area contributed by atoms with Gasteiger partial charge in [-0.2, -0.15) is 10.2 Å². The fourth-order valence-electron chi connectivity index (χ4n) is 5.10. The fourth-order valence-corrected chi connectivity index (χ4v) is 5.10. The number of amides is 2. The average molecular weight is 505 g/mol. The summed E-state index contributed by atoms with van der Waals surface area (Å²) in [4.78, 5) is 31.5. The van der Waals surface area contributed by atoms with Crippen molar-refractivity contribution in [2.24, 2.45) is 0 Å². The first-order chi connectivity index (χ1) is 18.5. The quantitative estimate of drug-likeness (QED) is 0.318. The van der Waals surface area contributed by atoms with Crippen molar-refractivity contribution in [3.8, 4) is 0 Å². The van der Waals surface area contributed by atoms with Gasteiger partial charge in [0.25, 0.3) is 11.8 Å². The zero-order chi connectivity index (χ0) is 26.2. The number of imide groups is 1. The third kappa shape index (κ3) is 4.09. The molecule has 0 aliphatic carbocycles. The number of nitrogens with zero attached hydrogens (tertiary/aromatic N) is 5. The molecule has 0 unspecified atom stereocenters. The Morgan fingerprint density at radius 2 is 1.45 bits per heavy atom. The van der Waals surface area contributed by atoms with E-state index in [1.54, 1.807) is 0 Å². The van der Waals surface area contributed by atoms with E-state index in [9.17, 15) is 9.59 Å². The maximum Gasteiger partial charge on any atom is 0.264 e. The maximum absolute atomic E-state index is 14.1. The molecule has 0 bridgehead atoms. The molecule has 6 rings (SSSR count). The predicted molar refractivity (Wildman–Crippen MR) is 148 cm³/mol. The van der Waals surface area contributed by atoms with Gasteiger partial charge in [-0.25, -0.2) is 0 Å². The van der Waals surface area contributed by atoms with Crippen LogP contribution in [0.5, 0.6) is 0 Å². The van der Waals surface area contributed by atoms with Crippen LogP contribution >= 0.6 is 0 Å². The van der Waals surface area contributed by atoms with Crippen LogP contribution in [-0.2, 0) is 22.7 Å². The van der Waals surface area contributed by atoms with Crippen molar-refractivity contribution in [2.75, 3.05) is 20.6 Å². The second-order valence-electron chi connectivity index (χ2n) is 9.80. The van der Waals surface area contributed by atoms with Gasteiger partial charge in [0.1, 0.15) is 11.4 Å². The Morgan fingerprint density at radius 3 is 2.21 bits per heavy atom. The lowest BCUT2D eigenvalue weighted by atomic mass is 9.99. The van der Waals surface area contributed by atoms with Crippen molar-refractivity contribution in [1.29, 1.82) is 0 Å². The molecule has 38 heavy (non-hydrogen) atoms. The molecule has 5 aromatic rings. The van der Waals surface area contributed by atoms with E-state index in [1.807, 2.05) is 97.6 Å². The van der Waals surface area contributed by atoms with Gasteiger partial charge in [-0.1, -0.05) is 66.7 Å². The van der Waals surface area contributed by atoms with Crippen LogP contribution in [0.15, 0.2) is 78.9 Å². The van der Waals surface area contributed by atoms with Crippen LogP contribution < -0.4 is 0 Å². The van der Waals surface area contributed by atoms with E-state index in [0.717, 1.165) is 40.3 Å². The third-order valence-corrected chi connectivity index (χ3v) is 6.93. The Balaban J connectivity index is 1.53. The lowest BCUT2D eigenvalue weighted by Gasteiger charge is -2.15. The highest BCUT2D eigenvalue weighted by atomic mass is 16.2. The summed E-state index contributed by atoms with van der Waals surface area (Å²) >= 11 is 0. The summed E-state index contributed by atoms with van der Waals surface area (Å²) in [5, 5.41) is 14.1. The highest BCUT2D eigenvalue weighted by Gasteiger charge is 2.42. The predicted octanol–water partition coefficient (Wildman–Crippen LogP) is 4.34. The molecule has 0 saturated heterocycles. The number of carbonyl (C=O) groups is 2. The van der Waals surface area contributed by atoms with E-state index in [1.165, 1.54) is 4.90 Å². The molecule has 3 aromatic carbocycles. The zero-order valence-electron chi connectivity index (χ0n) is 21.4. The van der Waals surface area contributed by atoms with Crippen LogP contribution in [0.25, 0.3) is 33.0 Å². The molecule has 0 radical (unpaired) electrons. The molecule has 8 heteroatoms. The van der Waals surface area contributed by atoms with Gasteiger partial charge >= 0.3 is 0 Å². The lowest BCUT2D eigenvalue weighted by molar-refractivity contribution is -0.136. The molecule has 0 atom stereocenters. The number of hydrogen-bond acceptors (Lipinski definition) is 5. The van der Waals surface area contributed by atoms with E-state index in [-0.39, 0.29) is 23.9 Å². The van der Waals surface area contributed by atoms with Crippen molar-refractivity contribution in [2.45, 2.75) is 19.5 Å². The van der Waals surface area contributed by atoms with Crippen molar-refractivity contribution in [3.63, 3.8) is 0 Å². The van der Waals surface area contributed by atoms with E-state index in [2.05, 4.69) is 15.1 Å². The van der Waals surface area contributed by atoms with Crippen LogP contribution in [0.4, 0.5) is 0 Å². The summed E-state index contributed by atoms with van der Waals surface area (Å²) in [6, 6.07) is 25.1. The van der Waals surface area contributed by atoms with Crippen LogP contribution in [0.2, 0.25) is 0 Å². The number of para-hydroxylation sites is 2. The number of H-pyrrole nitrogens is 1. The number of rotatable bonds is 8. The van der Waals surface area contributed by atoms with E-state index in [0.29, 0.717) is 23.5 Å². The molecular formula is C30H28N6O2. The smallest absolute Gasteiger partial charge is 0.264 e. The molecule has 1 aliphatic rings. The van der Waals surface area contributed by atoms with Gasteiger partial charge in [-0.15, -0.1) is 0 Å². The minimum Gasteiger partial charge on any atom is -0.309 e. The molecule has 3 heterocycles. The lowest BCUT2D eigenvalue weighted by Crippen LogP contribution is -2.31. The third-order valence-electron chi connectivity index (χ3n) is 6.93. The molecule has 1 aliphatic heterocycles. The Labute approximate surface area is 220 Å². The van der Waals surface area contributed by atoms with Crippen molar-refractivity contribution < 1.29 is 9.59 Å². The van der Waals surface area contributed by atoms with Gasteiger partial charge in [-0.3, -0.25) is 24.3 Å². The summed E-state index contributed by atoms with van der Waals surface area (Å²) in [6.45, 7) is 1.79. The monoisotopic (exact) mass is 504 g/mol. The van der Waals surface area contributed by atoms with Gasteiger partial charge in [0, 0.05) is 17.3 Å². The Hall–Kier alpha value is -4.56. The molecule has 0 saturated carbocycles. The number of aromatic nitrogens is 4. The van der Waals surface area contributed by atoms with Gasteiger partial charge in [0.15, 0.2) is 0 Å². The normalized spacial score (nSPS) is 14.1. The Kier molecular flexibility index (Phi) is 6.09. The molecule has 2 aromatic heterocycles. The summed E-state index contributed by atoms with van der Waals surface area (Å²) in [7, 11) is 4.09. The maximum atomic E-state index is 14.1. The first kappa shape index (κ1) is 23.8. The van der Waals surface area contributed by atoms with Crippen LogP contribution in [0.3, 0.4) is 0 Å². The standard InChI is InChI=1S/C30H28N6O2/c1-34(2)17-10-18-36-24-16-9-7-14-22(24)28(33-36)26-25(27-21-13-6-8-15-23(21)31-32-27)29(37)35(30(26)38)19-20-11-4-3-5-12-20/h3-9,11-16H,10,17-19H2,1-2H3,(H,31,32). The van der Waals surface area contributed by atoms with E-state index < -0.39 is 0 Å². The largest absolute Gasteiger partial charge is 0.309 e. The molecule has 8 nitrogen and oxygen atoms in total. The second-order valence-corrected chi connectivity index (χ2v) is 9.80. The minimum absolute atomic E-state index is 0.176. The Morgan fingerprint density at radius 1 is 0.789 bits per heavy atom. The molecule has 0 fully saturated rings. The summed E-state index contributed by atoms with van der Waals surface area (Å²) in [5.41, 5.74) is 4.17. The number of carbonyl (C=O) groups excluding carboxylic acids is 2. The molecule has 2 amide bonds. The number of aryl methyl sites for hydroxylation is 1. The van der Waals surface area contributed by atoms with Crippen LogP contribution in [0.1, 0.15) is 23.4 Å². The number of nitrogens with one attached hydrogen (secondary N) is 1. The first-order valence-electron chi connectivity index (χ1n) is 12.7. The minimum atomic E-state index is -0.364. The second kappa shape index (κ2) is 9.72. The SMILES string of the molecule is CN(C)CCCn1nc(C2=C(c3n[nH]c4ccccc34)C(=O)N(Cc3ccccc3)C2=O)c2ccccc21. The topological polar surface area (TPSA) is 87.1 Å². The highest BCUT2D eigenvalue weighted by Crippen LogP contribution is 2.40. The van der Waals surface area contributed by atoms with Gasteiger partial charge in [0.05, 0.1) is 28.7 Å². The van der Waals surface area contributed by atoms with E-state index in [4.69, 9.17) is 5.10 Å². The van der Waals surface area contributed by atoms with Crippen LogP contribution in [0, 0.1) is 0 Å². The molecule has 1 N–H and O–H groups in total. The zero-order valence-corrected chi connectivity index (χ0v) is 21.4. The fraction of sp³-hybridized carbons (Fsp3) is 0.200. The van der Waals surface area contributed by atoms with Crippen molar-refractivity contribution in [1.82, 2.24) is 29.8 Å². The molecular weight excluding hydrogens is 476 g/mol. The molecule has 0 spiro atoms. The van der Waals surface area contributed by atoms with E-state index >= 15 is 0 Å². The number of hydrogen-bond donors (Lipinski definition) is 1.